The molecule has 0 atom stereocenters. The van der Waals surface area contributed by atoms with Gasteiger partial charge in [0.2, 0.25) is 0 Å². The van der Waals surface area contributed by atoms with Crippen LogP contribution in [0.2, 0.25) is 0 Å². The van der Waals surface area contributed by atoms with Gasteiger partial charge in [0.15, 0.2) is 0 Å². The van der Waals surface area contributed by atoms with E-state index in [0.717, 1.165) is 24.6 Å². The summed E-state index contributed by atoms with van der Waals surface area (Å²) in [5.74, 6) is 1.82. The van der Waals surface area contributed by atoms with Crippen LogP contribution in [0, 0.1) is 0 Å². The number of furan rings is 1. The van der Waals surface area contributed by atoms with Crippen molar-refractivity contribution in [2.75, 3.05) is 7.11 Å². The highest BCUT2D eigenvalue weighted by Gasteiger charge is 2.01. The number of ether oxygens (including phenoxy) is 1. The van der Waals surface area contributed by atoms with Crippen LogP contribution in [-0.4, -0.2) is 7.11 Å². The molecule has 16 heavy (non-hydrogen) atoms. The minimum absolute atomic E-state index is 0.532. The summed E-state index contributed by atoms with van der Waals surface area (Å²) in [7, 11) is 1.66. The molecule has 0 radical (unpaired) electrons. The van der Waals surface area contributed by atoms with Crippen molar-refractivity contribution in [3.8, 4) is 0 Å². The van der Waals surface area contributed by atoms with Crippen LogP contribution in [0.4, 0.5) is 0 Å². The van der Waals surface area contributed by atoms with Gasteiger partial charge in [-0.05, 0) is 34.5 Å². The van der Waals surface area contributed by atoms with Gasteiger partial charge in [0.25, 0.3) is 0 Å². The van der Waals surface area contributed by atoms with Gasteiger partial charge in [-0.25, -0.2) is 0 Å². The molecule has 0 amide bonds. The van der Waals surface area contributed by atoms with E-state index < -0.39 is 0 Å². The zero-order valence-corrected chi connectivity index (χ0v) is 10.0. The lowest BCUT2D eigenvalue weighted by molar-refractivity contribution is 0.162. The van der Waals surface area contributed by atoms with Crippen LogP contribution in [0.5, 0.6) is 0 Å². The van der Waals surface area contributed by atoms with Crippen molar-refractivity contribution in [2.45, 2.75) is 19.7 Å². The summed E-state index contributed by atoms with van der Waals surface area (Å²) >= 11 is 1.72. The van der Waals surface area contributed by atoms with Gasteiger partial charge in [0.05, 0.1) is 6.54 Å². The number of hydrogen-bond donors (Lipinski definition) is 1. The Hall–Kier alpha value is -1.10. The van der Waals surface area contributed by atoms with Gasteiger partial charge in [-0.2, -0.15) is 11.3 Å². The molecule has 0 aliphatic rings. The average molecular weight is 237 g/mol. The molecular weight excluding hydrogens is 222 g/mol. The van der Waals surface area contributed by atoms with Crippen molar-refractivity contribution in [3.05, 3.63) is 46.0 Å². The molecule has 0 unspecified atom stereocenters. The quantitative estimate of drug-likeness (QED) is 0.839. The fraction of sp³-hybridized carbons (Fsp3) is 0.333. The van der Waals surface area contributed by atoms with Gasteiger partial charge < -0.3 is 14.5 Å². The molecule has 0 saturated carbocycles. The molecule has 4 heteroatoms. The van der Waals surface area contributed by atoms with Crippen LogP contribution in [-0.2, 0) is 24.4 Å². The third-order valence-electron chi connectivity index (χ3n) is 2.21. The fourth-order valence-corrected chi connectivity index (χ4v) is 2.13. The topological polar surface area (TPSA) is 34.4 Å². The summed E-state index contributed by atoms with van der Waals surface area (Å²) < 4.78 is 10.6. The van der Waals surface area contributed by atoms with E-state index in [4.69, 9.17) is 9.15 Å². The van der Waals surface area contributed by atoms with Crippen LogP contribution in [0.25, 0.3) is 0 Å². The molecule has 0 aliphatic heterocycles. The maximum atomic E-state index is 5.56. The van der Waals surface area contributed by atoms with Gasteiger partial charge in [-0.1, -0.05) is 0 Å². The van der Waals surface area contributed by atoms with E-state index in [1.165, 1.54) is 5.56 Å². The summed E-state index contributed by atoms with van der Waals surface area (Å²) in [6.45, 7) is 2.16. The SMILES string of the molecule is COCc1ccc(CNCc2ccsc2)o1. The molecule has 2 heterocycles. The molecule has 2 rings (SSSR count). The van der Waals surface area contributed by atoms with E-state index in [1.807, 2.05) is 12.1 Å². The first-order chi connectivity index (χ1) is 7.88. The Balaban J connectivity index is 1.76. The smallest absolute Gasteiger partial charge is 0.129 e. The Morgan fingerprint density at radius 1 is 1.25 bits per heavy atom. The van der Waals surface area contributed by atoms with E-state index in [9.17, 15) is 0 Å². The fourth-order valence-electron chi connectivity index (χ4n) is 1.46. The Morgan fingerprint density at radius 2 is 2.12 bits per heavy atom. The predicted octanol–water partition coefficient (Wildman–Crippen LogP) is 2.78. The Kier molecular flexibility index (Phi) is 4.16. The minimum atomic E-state index is 0.532. The highest BCUT2D eigenvalue weighted by molar-refractivity contribution is 7.07. The molecule has 3 nitrogen and oxygen atoms in total. The largest absolute Gasteiger partial charge is 0.462 e. The third-order valence-corrected chi connectivity index (χ3v) is 2.94. The van der Waals surface area contributed by atoms with Crippen molar-refractivity contribution in [3.63, 3.8) is 0 Å². The van der Waals surface area contributed by atoms with Crippen LogP contribution in [0.1, 0.15) is 17.1 Å². The first-order valence-corrected chi connectivity index (χ1v) is 6.11. The lowest BCUT2D eigenvalue weighted by atomic mass is 10.3. The Labute approximate surface area is 99.0 Å². The zero-order chi connectivity index (χ0) is 11.2. The lowest BCUT2D eigenvalue weighted by Crippen LogP contribution is -2.11. The second kappa shape index (κ2) is 5.84. The summed E-state index contributed by atoms with van der Waals surface area (Å²) in [6, 6.07) is 6.05. The van der Waals surface area contributed by atoms with Crippen molar-refractivity contribution in [1.29, 1.82) is 0 Å². The summed E-state index contributed by atoms with van der Waals surface area (Å²) in [5, 5.41) is 7.56. The molecule has 2 aromatic heterocycles. The zero-order valence-electron chi connectivity index (χ0n) is 9.23. The van der Waals surface area contributed by atoms with Gasteiger partial charge in [-0.15, -0.1) is 0 Å². The van der Waals surface area contributed by atoms with Crippen molar-refractivity contribution >= 4 is 11.3 Å². The van der Waals surface area contributed by atoms with Gasteiger partial charge in [0.1, 0.15) is 18.1 Å². The second-order valence-corrected chi connectivity index (χ2v) is 4.32. The standard InChI is InChI=1S/C12H15NO2S/c1-14-8-12-3-2-11(15-12)7-13-6-10-4-5-16-9-10/h2-5,9,13H,6-8H2,1H3. The molecule has 0 aliphatic carbocycles. The molecular formula is C12H15NO2S. The third kappa shape index (κ3) is 3.20. The first kappa shape index (κ1) is 11.4. The second-order valence-electron chi connectivity index (χ2n) is 3.54. The highest BCUT2D eigenvalue weighted by Crippen LogP contribution is 2.09. The molecule has 0 aromatic carbocycles. The van der Waals surface area contributed by atoms with Crippen molar-refractivity contribution in [1.82, 2.24) is 5.32 Å². The molecule has 86 valence electrons. The predicted molar refractivity (Wildman–Crippen MR) is 64.3 cm³/mol. The van der Waals surface area contributed by atoms with E-state index in [1.54, 1.807) is 18.4 Å². The molecule has 0 saturated heterocycles. The lowest BCUT2D eigenvalue weighted by Gasteiger charge is -2.00. The Bertz CT molecular complexity index is 408. The summed E-state index contributed by atoms with van der Waals surface area (Å²) in [6.07, 6.45) is 0. The Morgan fingerprint density at radius 3 is 2.88 bits per heavy atom. The maximum absolute atomic E-state index is 5.56. The van der Waals surface area contributed by atoms with Crippen LogP contribution in [0.3, 0.4) is 0 Å². The maximum Gasteiger partial charge on any atom is 0.129 e. The summed E-state index contributed by atoms with van der Waals surface area (Å²) in [4.78, 5) is 0. The van der Waals surface area contributed by atoms with E-state index in [2.05, 4.69) is 22.1 Å². The van der Waals surface area contributed by atoms with Crippen LogP contribution >= 0.6 is 11.3 Å². The minimum Gasteiger partial charge on any atom is -0.462 e. The highest BCUT2D eigenvalue weighted by atomic mass is 32.1. The molecule has 0 fully saturated rings. The monoisotopic (exact) mass is 237 g/mol. The van der Waals surface area contributed by atoms with E-state index in [-0.39, 0.29) is 0 Å². The number of nitrogens with one attached hydrogen (secondary N) is 1. The van der Waals surface area contributed by atoms with Gasteiger partial charge in [0, 0.05) is 13.7 Å². The van der Waals surface area contributed by atoms with Crippen molar-refractivity contribution < 1.29 is 9.15 Å². The van der Waals surface area contributed by atoms with E-state index >= 15 is 0 Å². The molecule has 2 aromatic rings. The number of methoxy groups -OCH3 is 1. The number of rotatable bonds is 6. The number of thiophene rings is 1. The normalized spacial score (nSPS) is 10.8. The molecule has 0 bridgehead atoms. The molecule has 0 spiro atoms. The number of hydrogen-bond acceptors (Lipinski definition) is 4. The van der Waals surface area contributed by atoms with Crippen LogP contribution < -0.4 is 5.32 Å². The summed E-state index contributed by atoms with van der Waals surface area (Å²) in [5.41, 5.74) is 1.31. The van der Waals surface area contributed by atoms with Crippen LogP contribution in [0.15, 0.2) is 33.4 Å². The average Bonchev–Trinajstić information content (AvgIpc) is 2.90. The van der Waals surface area contributed by atoms with Crippen molar-refractivity contribution in [2.24, 2.45) is 0 Å². The van der Waals surface area contributed by atoms with Gasteiger partial charge in [-0.3, -0.25) is 0 Å². The first-order valence-electron chi connectivity index (χ1n) is 5.17. The van der Waals surface area contributed by atoms with Gasteiger partial charge >= 0.3 is 0 Å². The van der Waals surface area contributed by atoms with E-state index in [0.29, 0.717) is 6.61 Å². The molecule has 1 N–H and O–H groups in total.